The monoisotopic (exact) mass is 250 g/mol. The van der Waals surface area contributed by atoms with E-state index in [2.05, 4.69) is 0 Å². The van der Waals surface area contributed by atoms with Crippen molar-refractivity contribution in [1.29, 1.82) is 0 Å². The summed E-state index contributed by atoms with van der Waals surface area (Å²) in [6.45, 7) is 2.02. The largest absolute Gasteiger partial charge is 0.394 e. The second kappa shape index (κ2) is 4.25. The normalized spacial score (nSPS) is 43.4. The minimum Gasteiger partial charge on any atom is -0.394 e. The Kier molecular flexibility index (Phi) is 3.27. The number of rotatable bonds is 2. The maximum atomic E-state index is 11.6. The quantitative estimate of drug-likeness (QED) is 0.743. The number of sulfone groups is 1. The van der Waals surface area contributed by atoms with Crippen molar-refractivity contribution < 1.29 is 23.0 Å². The Bertz CT molecular complexity index is 352. The van der Waals surface area contributed by atoms with E-state index in [4.69, 9.17) is 14.6 Å². The predicted molar refractivity (Wildman–Crippen MR) is 57.7 cm³/mol. The molecule has 0 aromatic rings. The van der Waals surface area contributed by atoms with Crippen LogP contribution in [0.2, 0.25) is 0 Å². The highest BCUT2D eigenvalue weighted by molar-refractivity contribution is 7.91. The van der Waals surface area contributed by atoms with Crippen molar-refractivity contribution in [2.24, 2.45) is 5.92 Å². The average Bonchev–Trinajstić information content (AvgIpc) is 2.60. The van der Waals surface area contributed by atoms with E-state index in [1.165, 1.54) is 0 Å². The van der Waals surface area contributed by atoms with Crippen molar-refractivity contribution >= 4 is 9.84 Å². The lowest BCUT2D eigenvalue weighted by Gasteiger charge is -2.34. The van der Waals surface area contributed by atoms with Gasteiger partial charge in [0, 0.05) is 5.92 Å². The first-order valence-corrected chi connectivity index (χ1v) is 7.40. The zero-order valence-electron chi connectivity index (χ0n) is 9.39. The highest BCUT2D eigenvalue weighted by Gasteiger charge is 2.46. The molecule has 0 aliphatic carbocycles. The van der Waals surface area contributed by atoms with Crippen LogP contribution in [0.3, 0.4) is 0 Å². The number of hydrogen-bond donors (Lipinski definition) is 1. The highest BCUT2D eigenvalue weighted by Crippen LogP contribution is 2.36. The molecule has 0 aromatic carbocycles. The van der Waals surface area contributed by atoms with Crippen LogP contribution in [0.4, 0.5) is 0 Å². The molecule has 2 saturated heterocycles. The second-order valence-electron chi connectivity index (χ2n) is 4.70. The van der Waals surface area contributed by atoms with Crippen LogP contribution in [0.25, 0.3) is 0 Å². The minimum atomic E-state index is -2.95. The number of ether oxygens (including phenoxy) is 2. The summed E-state index contributed by atoms with van der Waals surface area (Å²) in [7, 11) is -2.95. The number of hydrogen-bond acceptors (Lipinski definition) is 5. The SMILES string of the molecule is CC1(C2CCCS(=O)(=O)C2)OCC(CO)O1. The maximum absolute atomic E-state index is 11.6. The molecule has 94 valence electrons. The standard InChI is InChI=1S/C10H18O5S/c1-10(14-6-9(5-11)15-10)8-3-2-4-16(12,13)7-8/h8-9,11H,2-7H2,1H3. The molecule has 3 unspecified atom stereocenters. The van der Waals surface area contributed by atoms with E-state index in [1.54, 1.807) is 6.92 Å². The third-order valence-corrected chi connectivity index (χ3v) is 5.19. The molecule has 1 N–H and O–H groups in total. The first-order valence-electron chi connectivity index (χ1n) is 5.58. The Morgan fingerprint density at radius 1 is 1.50 bits per heavy atom. The molecule has 2 rings (SSSR count). The molecule has 6 heteroatoms. The van der Waals surface area contributed by atoms with E-state index in [1.807, 2.05) is 0 Å². The van der Waals surface area contributed by atoms with E-state index in [9.17, 15) is 8.42 Å². The van der Waals surface area contributed by atoms with Crippen LogP contribution in [-0.4, -0.2) is 50.1 Å². The van der Waals surface area contributed by atoms with Gasteiger partial charge in [-0.2, -0.15) is 0 Å². The molecule has 0 saturated carbocycles. The van der Waals surface area contributed by atoms with Gasteiger partial charge in [-0.05, 0) is 19.8 Å². The minimum absolute atomic E-state index is 0.0882. The van der Waals surface area contributed by atoms with E-state index in [0.29, 0.717) is 13.0 Å². The van der Waals surface area contributed by atoms with Gasteiger partial charge in [0.1, 0.15) is 6.10 Å². The van der Waals surface area contributed by atoms with Crippen molar-refractivity contribution in [2.75, 3.05) is 24.7 Å². The van der Waals surface area contributed by atoms with Crippen LogP contribution in [0.1, 0.15) is 19.8 Å². The first-order chi connectivity index (χ1) is 7.45. The lowest BCUT2D eigenvalue weighted by molar-refractivity contribution is -0.191. The van der Waals surface area contributed by atoms with Crippen LogP contribution >= 0.6 is 0 Å². The van der Waals surface area contributed by atoms with E-state index in [-0.39, 0.29) is 30.1 Å². The van der Waals surface area contributed by atoms with Gasteiger partial charge in [0.05, 0.1) is 24.7 Å². The number of aliphatic hydroxyl groups excluding tert-OH is 1. The van der Waals surface area contributed by atoms with E-state index < -0.39 is 15.6 Å². The van der Waals surface area contributed by atoms with Gasteiger partial charge in [-0.25, -0.2) is 8.42 Å². The van der Waals surface area contributed by atoms with Gasteiger partial charge in [-0.15, -0.1) is 0 Å². The summed E-state index contributed by atoms with van der Waals surface area (Å²) in [5.41, 5.74) is 0. The summed E-state index contributed by atoms with van der Waals surface area (Å²) in [5, 5.41) is 8.98. The molecule has 3 atom stereocenters. The average molecular weight is 250 g/mol. The molecular weight excluding hydrogens is 232 g/mol. The maximum Gasteiger partial charge on any atom is 0.169 e. The van der Waals surface area contributed by atoms with Crippen LogP contribution in [0.15, 0.2) is 0 Å². The Morgan fingerprint density at radius 2 is 2.25 bits per heavy atom. The van der Waals surface area contributed by atoms with Crippen molar-refractivity contribution in [1.82, 2.24) is 0 Å². The summed E-state index contributed by atoms with van der Waals surface area (Å²) >= 11 is 0. The van der Waals surface area contributed by atoms with Gasteiger partial charge in [-0.3, -0.25) is 0 Å². The molecule has 0 radical (unpaired) electrons. The summed E-state index contributed by atoms with van der Waals surface area (Å²) < 4.78 is 34.2. The number of aliphatic hydroxyl groups is 1. The fourth-order valence-electron chi connectivity index (χ4n) is 2.40. The zero-order valence-corrected chi connectivity index (χ0v) is 10.2. The van der Waals surface area contributed by atoms with E-state index in [0.717, 1.165) is 6.42 Å². The van der Waals surface area contributed by atoms with Crippen molar-refractivity contribution in [2.45, 2.75) is 31.7 Å². The van der Waals surface area contributed by atoms with Gasteiger partial charge < -0.3 is 14.6 Å². The Labute approximate surface area is 95.7 Å². The zero-order chi connectivity index (χ0) is 11.8. The van der Waals surface area contributed by atoms with Crippen LogP contribution in [0, 0.1) is 5.92 Å². The molecule has 0 bridgehead atoms. The smallest absolute Gasteiger partial charge is 0.169 e. The molecule has 5 nitrogen and oxygen atoms in total. The molecule has 0 amide bonds. The van der Waals surface area contributed by atoms with Crippen molar-refractivity contribution in [3.63, 3.8) is 0 Å². The molecule has 2 heterocycles. The molecule has 0 aromatic heterocycles. The molecule has 2 fully saturated rings. The summed E-state index contributed by atoms with van der Waals surface area (Å²) in [4.78, 5) is 0. The molecular formula is C10H18O5S. The molecule has 16 heavy (non-hydrogen) atoms. The molecule has 0 spiro atoms. The summed E-state index contributed by atoms with van der Waals surface area (Å²) in [5.74, 6) is -0.575. The molecule has 2 aliphatic rings. The van der Waals surface area contributed by atoms with Gasteiger partial charge >= 0.3 is 0 Å². The van der Waals surface area contributed by atoms with Gasteiger partial charge in [0.15, 0.2) is 15.6 Å². The van der Waals surface area contributed by atoms with Gasteiger partial charge in [-0.1, -0.05) is 0 Å². The fraction of sp³-hybridized carbons (Fsp3) is 1.00. The second-order valence-corrected chi connectivity index (χ2v) is 6.93. The topological polar surface area (TPSA) is 72.8 Å². The Morgan fingerprint density at radius 3 is 2.81 bits per heavy atom. The first kappa shape index (κ1) is 12.3. The third kappa shape index (κ3) is 2.40. The summed E-state index contributed by atoms with van der Waals surface area (Å²) in [6.07, 6.45) is 1.14. The lowest BCUT2D eigenvalue weighted by atomic mass is 9.96. The van der Waals surface area contributed by atoms with E-state index >= 15 is 0 Å². The lowest BCUT2D eigenvalue weighted by Crippen LogP contribution is -2.43. The third-order valence-electron chi connectivity index (χ3n) is 3.36. The van der Waals surface area contributed by atoms with Crippen LogP contribution in [0.5, 0.6) is 0 Å². The van der Waals surface area contributed by atoms with Gasteiger partial charge in [0.25, 0.3) is 0 Å². The van der Waals surface area contributed by atoms with Gasteiger partial charge in [0.2, 0.25) is 0 Å². The summed E-state index contributed by atoms with van der Waals surface area (Å²) in [6, 6.07) is 0. The Balaban J connectivity index is 2.07. The Hall–Kier alpha value is -0.170. The predicted octanol–water partition coefficient (Wildman–Crippen LogP) is -0.0649. The van der Waals surface area contributed by atoms with Crippen molar-refractivity contribution in [3.05, 3.63) is 0 Å². The van der Waals surface area contributed by atoms with Crippen molar-refractivity contribution in [3.8, 4) is 0 Å². The fourth-order valence-corrected chi connectivity index (χ4v) is 4.25. The van der Waals surface area contributed by atoms with Crippen LogP contribution < -0.4 is 0 Å². The molecule has 2 aliphatic heterocycles. The van der Waals surface area contributed by atoms with Crippen LogP contribution in [-0.2, 0) is 19.3 Å². The highest BCUT2D eigenvalue weighted by atomic mass is 32.2.